The molecule has 0 saturated heterocycles. The largest absolute Gasteiger partial charge is 0.476 e. The van der Waals surface area contributed by atoms with Crippen molar-refractivity contribution in [3.05, 3.63) is 23.7 Å². The Labute approximate surface area is 92.1 Å². The lowest BCUT2D eigenvalue weighted by molar-refractivity contribution is 0.0690. The minimum Gasteiger partial charge on any atom is -0.476 e. The summed E-state index contributed by atoms with van der Waals surface area (Å²) >= 11 is 0. The van der Waals surface area contributed by atoms with Gasteiger partial charge in [-0.15, -0.1) is 0 Å². The molecular weight excluding hydrogens is 208 g/mol. The van der Waals surface area contributed by atoms with Crippen LogP contribution in [0, 0.1) is 0 Å². The molecule has 2 aromatic rings. The van der Waals surface area contributed by atoms with Gasteiger partial charge in [-0.05, 0) is 0 Å². The molecule has 0 aliphatic rings. The highest BCUT2D eigenvalue weighted by Crippen LogP contribution is 2.27. The predicted molar refractivity (Wildman–Crippen MR) is 57.5 cm³/mol. The number of rotatable bonds is 1. The summed E-state index contributed by atoms with van der Waals surface area (Å²) in [5.74, 6) is -0.349. The molecule has 0 aliphatic carbocycles. The van der Waals surface area contributed by atoms with Crippen LogP contribution in [0.3, 0.4) is 0 Å². The zero-order valence-corrected chi connectivity index (χ0v) is 9.31. The van der Waals surface area contributed by atoms with Crippen LogP contribution in [0.15, 0.2) is 16.7 Å². The molecule has 84 valence electrons. The summed E-state index contributed by atoms with van der Waals surface area (Å²) in [5.41, 5.74) is 0.625. The molecule has 5 heteroatoms. The van der Waals surface area contributed by atoms with Gasteiger partial charge < -0.3 is 9.52 Å². The summed E-state index contributed by atoms with van der Waals surface area (Å²) in [6.07, 6.45) is 1.20. The van der Waals surface area contributed by atoms with E-state index in [9.17, 15) is 4.79 Å². The van der Waals surface area contributed by atoms with E-state index >= 15 is 0 Å². The molecule has 5 nitrogen and oxygen atoms in total. The van der Waals surface area contributed by atoms with Crippen LogP contribution in [0.5, 0.6) is 0 Å². The van der Waals surface area contributed by atoms with Gasteiger partial charge in [0.15, 0.2) is 5.69 Å². The zero-order valence-electron chi connectivity index (χ0n) is 9.31. The molecule has 0 atom stereocenters. The molecule has 0 bridgehead atoms. The minimum atomic E-state index is -1.09. The normalized spacial score (nSPS) is 11.9. The van der Waals surface area contributed by atoms with Crippen molar-refractivity contribution in [2.75, 3.05) is 0 Å². The lowest BCUT2D eigenvalue weighted by Gasteiger charge is -2.13. The Balaban J connectivity index is 2.59. The minimum absolute atomic E-state index is 0.0752. The number of carboxylic acid groups (broad SMARTS) is 1. The summed E-state index contributed by atoms with van der Waals surface area (Å²) in [6, 6.07) is 1.73. The van der Waals surface area contributed by atoms with Crippen LogP contribution in [0.1, 0.15) is 37.0 Å². The Morgan fingerprint density at radius 1 is 1.44 bits per heavy atom. The maximum absolute atomic E-state index is 10.7. The van der Waals surface area contributed by atoms with Crippen LogP contribution in [-0.4, -0.2) is 21.0 Å². The number of hydrogen-bond donors (Lipinski definition) is 1. The summed E-state index contributed by atoms with van der Waals surface area (Å²) < 4.78 is 5.50. The summed E-state index contributed by atoms with van der Waals surface area (Å²) in [5, 5.41) is 8.78. The Hall–Kier alpha value is -1.91. The fourth-order valence-corrected chi connectivity index (χ4v) is 1.30. The van der Waals surface area contributed by atoms with Gasteiger partial charge in [0, 0.05) is 11.5 Å². The molecule has 16 heavy (non-hydrogen) atoms. The lowest BCUT2D eigenvalue weighted by atomic mass is 9.93. The van der Waals surface area contributed by atoms with Gasteiger partial charge in [0.1, 0.15) is 11.3 Å². The number of hydrogen-bond acceptors (Lipinski definition) is 4. The van der Waals surface area contributed by atoms with Crippen LogP contribution < -0.4 is 0 Å². The standard InChI is InChI=1S/C11H12N2O3/c1-11(2,3)8-4-6-9(16-8)12-5-7(13-6)10(14)15/h4-5H,1-3H3,(H,14,15). The highest BCUT2D eigenvalue weighted by molar-refractivity contribution is 5.87. The highest BCUT2D eigenvalue weighted by Gasteiger charge is 2.20. The van der Waals surface area contributed by atoms with E-state index in [0.717, 1.165) is 5.76 Å². The number of carbonyl (C=O) groups is 1. The van der Waals surface area contributed by atoms with E-state index in [4.69, 9.17) is 9.52 Å². The Morgan fingerprint density at radius 2 is 2.12 bits per heavy atom. The number of furan rings is 1. The van der Waals surface area contributed by atoms with Gasteiger partial charge in [0.05, 0.1) is 6.20 Å². The molecule has 0 fully saturated rings. The first kappa shape index (κ1) is 10.6. The molecular formula is C11H12N2O3. The third kappa shape index (κ3) is 1.76. The number of aromatic carboxylic acids is 1. The molecule has 0 radical (unpaired) electrons. The van der Waals surface area contributed by atoms with Crippen LogP contribution in [0.4, 0.5) is 0 Å². The van der Waals surface area contributed by atoms with E-state index < -0.39 is 5.97 Å². The van der Waals surface area contributed by atoms with Crippen molar-refractivity contribution < 1.29 is 14.3 Å². The van der Waals surface area contributed by atoms with Gasteiger partial charge in [-0.2, -0.15) is 0 Å². The third-order valence-corrected chi connectivity index (χ3v) is 2.20. The number of fused-ring (bicyclic) bond motifs is 1. The predicted octanol–water partition coefficient (Wildman–Crippen LogP) is 2.22. The van der Waals surface area contributed by atoms with E-state index in [1.165, 1.54) is 6.20 Å². The van der Waals surface area contributed by atoms with E-state index in [2.05, 4.69) is 9.97 Å². The maximum atomic E-state index is 10.7. The van der Waals surface area contributed by atoms with Gasteiger partial charge >= 0.3 is 5.97 Å². The first-order valence-corrected chi connectivity index (χ1v) is 4.88. The van der Waals surface area contributed by atoms with Gasteiger partial charge in [0.2, 0.25) is 5.71 Å². The first-order valence-electron chi connectivity index (χ1n) is 4.88. The van der Waals surface area contributed by atoms with Gasteiger partial charge in [-0.1, -0.05) is 20.8 Å². The Kier molecular flexibility index (Phi) is 2.18. The maximum Gasteiger partial charge on any atom is 0.356 e. The van der Waals surface area contributed by atoms with Crippen molar-refractivity contribution in [2.24, 2.45) is 0 Å². The molecule has 0 amide bonds. The van der Waals surface area contributed by atoms with Crippen molar-refractivity contribution in [3.63, 3.8) is 0 Å². The van der Waals surface area contributed by atoms with Crippen molar-refractivity contribution in [3.8, 4) is 0 Å². The summed E-state index contributed by atoms with van der Waals surface area (Å²) in [7, 11) is 0. The molecule has 0 unspecified atom stereocenters. The van der Waals surface area contributed by atoms with Crippen LogP contribution in [0.25, 0.3) is 11.2 Å². The highest BCUT2D eigenvalue weighted by atomic mass is 16.4. The van der Waals surface area contributed by atoms with Crippen LogP contribution >= 0.6 is 0 Å². The van der Waals surface area contributed by atoms with Crippen molar-refractivity contribution >= 4 is 17.2 Å². The molecule has 1 N–H and O–H groups in total. The second kappa shape index (κ2) is 3.30. The van der Waals surface area contributed by atoms with Crippen molar-refractivity contribution in [2.45, 2.75) is 26.2 Å². The van der Waals surface area contributed by atoms with Gasteiger partial charge in [-0.25, -0.2) is 14.8 Å². The van der Waals surface area contributed by atoms with Crippen molar-refractivity contribution in [1.82, 2.24) is 9.97 Å². The Morgan fingerprint density at radius 3 is 2.69 bits per heavy atom. The smallest absolute Gasteiger partial charge is 0.356 e. The SMILES string of the molecule is CC(C)(C)c1cc2nc(C(=O)O)cnc2o1. The average molecular weight is 220 g/mol. The van der Waals surface area contributed by atoms with E-state index in [-0.39, 0.29) is 11.1 Å². The molecule has 0 aliphatic heterocycles. The number of nitrogens with zero attached hydrogens (tertiary/aromatic N) is 2. The molecule has 0 saturated carbocycles. The van der Waals surface area contributed by atoms with Crippen LogP contribution in [0.2, 0.25) is 0 Å². The number of aromatic nitrogens is 2. The fourth-order valence-electron chi connectivity index (χ4n) is 1.30. The second-order valence-electron chi connectivity index (χ2n) is 4.61. The van der Waals surface area contributed by atoms with E-state index in [1.54, 1.807) is 6.07 Å². The number of carboxylic acids is 1. The molecule has 0 spiro atoms. The molecule has 2 aromatic heterocycles. The molecule has 2 rings (SSSR count). The third-order valence-electron chi connectivity index (χ3n) is 2.20. The first-order chi connectivity index (χ1) is 7.38. The average Bonchev–Trinajstić information content (AvgIpc) is 2.58. The topological polar surface area (TPSA) is 76.2 Å². The van der Waals surface area contributed by atoms with Gasteiger partial charge in [0.25, 0.3) is 0 Å². The quantitative estimate of drug-likeness (QED) is 0.797. The summed E-state index contributed by atoms with van der Waals surface area (Å²) in [6.45, 7) is 6.01. The van der Waals surface area contributed by atoms with Crippen LogP contribution in [-0.2, 0) is 5.41 Å². The monoisotopic (exact) mass is 220 g/mol. The second-order valence-corrected chi connectivity index (χ2v) is 4.61. The van der Waals surface area contributed by atoms with E-state index in [0.29, 0.717) is 11.2 Å². The lowest BCUT2D eigenvalue weighted by Crippen LogP contribution is -2.08. The van der Waals surface area contributed by atoms with Crippen molar-refractivity contribution in [1.29, 1.82) is 0 Å². The van der Waals surface area contributed by atoms with E-state index in [1.807, 2.05) is 20.8 Å². The van der Waals surface area contributed by atoms with Gasteiger partial charge in [-0.3, -0.25) is 0 Å². The fraction of sp³-hybridized carbons (Fsp3) is 0.364. The molecule has 2 heterocycles. The molecule has 0 aromatic carbocycles. The summed E-state index contributed by atoms with van der Waals surface area (Å²) in [4.78, 5) is 18.6. The zero-order chi connectivity index (χ0) is 11.9. The Bertz CT molecular complexity index is 552.